The maximum atomic E-state index is 11.9. The van der Waals surface area contributed by atoms with Crippen molar-refractivity contribution in [1.29, 1.82) is 0 Å². The second-order valence-corrected chi connectivity index (χ2v) is 5.64. The van der Waals surface area contributed by atoms with E-state index in [4.69, 9.17) is 4.74 Å². The minimum atomic E-state index is -0.192. The normalized spacial score (nSPS) is 20.2. The van der Waals surface area contributed by atoms with Gasteiger partial charge in [-0.2, -0.15) is 0 Å². The summed E-state index contributed by atoms with van der Waals surface area (Å²) < 4.78 is 7.66. The van der Waals surface area contributed by atoms with E-state index in [2.05, 4.69) is 21.2 Å². The maximum Gasteiger partial charge on any atom is 0.251 e. The molecule has 1 fully saturated rings. The largest absolute Gasteiger partial charge is 0.376 e. The number of amides is 1. The molecule has 1 saturated heterocycles. The van der Waals surface area contributed by atoms with Crippen LogP contribution in [0.15, 0.2) is 27.6 Å². The van der Waals surface area contributed by atoms with Crippen LogP contribution in [0.4, 0.5) is 0 Å². The SMILES string of the molecule is C[C@@H](NC(=O)Cn1cc(Br)ccc1=O)[C@@H]1CCCO1. The first-order valence-corrected chi connectivity index (χ1v) is 7.12. The fraction of sp³-hybridized carbons (Fsp3) is 0.538. The van der Waals surface area contributed by atoms with Crippen LogP contribution in [-0.4, -0.2) is 29.2 Å². The fourth-order valence-electron chi connectivity index (χ4n) is 2.17. The van der Waals surface area contributed by atoms with Gasteiger partial charge in [0.15, 0.2) is 0 Å². The van der Waals surface area contributed by atoms with Crippen molar-refractivity contribution in [2.24, 2.45) is 0 Å². The Morgan fingerprint density at radius 2 is 2.42 bits per heavy atom. The molecular weight excluding hydrogens is 312 g/mol. The Kier molecular flexibility index (Phi) is 4.76. The topological polar surface area (TPSA) is 60.3 Å². The highest BCUT2D eigenvalue weighted by Gasteiger charge is 2.23. The van der Waals surface area contributed by atoms with E-state index in [1.807, 2.05) is 6.92 Å². The third-order valence-corrected chi connectivity index (χ3v) is 3.64. The van der Waals surface area contributed by atoms with E-state index in [9.17, 15) is 9.59 Å². The number of nitrogens with one attached hydrogen (secondary N) is 1. The van der Waals surface area contributed by atoms with Crippen LogP contribution >= 0.6 is 15.9 Å². The smallest absolute Gasteiger partial charge is 0.251 e. The van der Waals surface area contributed by atoms with Crippen molar-refractivity contribution >= 4 is 21.8 Å². The number of carbonyl (C=O) groups excluding carboxylic acids is 1. The van der Waals surface area contributed by atoms with Crippen molar-refractivity contribution < 1.29 is 9.53 Å². The summed E-state index contributed by atoms with van der Waals surface area (Å²) in [4.78, 5) is 23.5. The van der Waals surface area contributed by atoms with Crippen LogP contribution in [0.5, 0.6) is 0 Å². The van der Waals surface area contributed by atoms with Crippen molar-refractivity contribution in [2.75, 3.05) is 6.61 Å². The maximum absolute atomic E-state index is 11.9. The van der Waals surface area contributed by atoms with Gasteiger partial charge in [-0.25, -0.2) is 0 Å². The van der Waals surface area contributed by atoms with Gasteiger partial charge in [0.05, 0.1) is 12.1 Å². The van der Waals surface area contributed by atoms with Crippen molar-refractivity contribution in [1.82, 2.24) is 9.88 Å². The van der Waals surface area contributed by atoms with Gasteiger partial charge >= 0.3 is 0 Å². The zero-order chi connectivity index (χ0) is 13.8. The molecule has 0 unspecified atom stereocenters. The van der Waals surface area contributed by atoms with E-state index in [1.54, 1.807) is 12.3 Å². The van der Waals surface area contributed by atoms with Gasteiger partial charge in [0.25, 0.3) is 5.56 Å². The van der Waals surface area contributed by atoms with Gasteiger partial charge in [-0.05, 0) is 41.8 Å². The summed E-state index contributed by atoms with van der Waals surface area (Å²) in [6.07, 6.45) is 3.70. The third kappa shape index (κ3) is 3.91. The van der Waals surface area contributed by atoms with Crippen LogP contribution in [0.2, 0.25) is 0 Å². The lowest BCUT2D eigenvalue weighted by Crippen LogP contribution is -2.43. The molecule has 1 aliphatic rings. The first-order valence-electron chi connectivity index (χ1n) is 6.33. The summed E-state index contributed by atoms with van der Waals surface area (Å²) in [5.41, 5.74) is -0.192. The molecule has 5 nitrogen and oxygen atoms in total. The lowest BCUT2D eigenvalue weighted by molar-refractivity contribution is -0.123. The Hall–Kier alpha value is -1.14. The molecule has 19 heavy (non-hydrogen) atoms. The highest BCUT2D eigenvalue weighted by atomic mass is 79.9. The molecule has 6 heteroatoms. The van der Waals surface area contributed by atoms with Gasteiger partial charge in [0.1, 0.15) is 6.54 Å². The van der Waals surface area contributed by atoms with Crippen LogP contribution in [0.25, 0.3) is 0 Å². The highest BCUT2D eigenvalue weighted by Crippen LogP contribution is 2.15. The molecule has 1 aromatic heterocycles. The predicted octanol–water partition coefficient (Wildman–Crippen LogP) is 1.29. The molecule has 2 atom stereocenters. The van der Waals surface area contributed by atoms with Gasteiger partial charge in [-0.3, -0.25) is 9.59 Å². The lowest BCUT2D eigenvalue weighted by atomic mass is 10.1. The highest BCUT2D eigenvalue weighted by molar-refractivity contribution is 9.10. The zero-order valence-electron chi connectivity index (χ0n) is 10.8. The average Bonchev–Trinajstić information content (AvgIpc) is 2.87. The molecule has 0 aromatic carbocycles. The van der Waals surface area contributed by atoms with Crippen LogP contribution < -0.4 is 10.9 Å². The Labute approximate surface area is 120 Å². The second kappa shape index (κ2) is 6.34. The molecule has 0 saturated carbocycles. The summed E-state index contributed by atoms with van der Waals surface area (Å²) >= 11 is 3.28. The number of aromatic nitrogens is 1. The number of pyridine rings is 1. The minimum absolute atomic E-state index is 0.0231. The van der Waals surface area contributed by atoms with Crippen molar-refractivity contribution in [3.05, 3.63) is 33.2 Å². The Bertz CT molecular complexity index is 509. The number of hydrogen-bond acceptors (Lipinski definition) is 3. The van der Waals surface area contributed by atoms with Crippen LogP contribution in [0, 0.1) is 0 Å². The summed E-state index contributed by atoms with van der Waals surface area (Å²) in [6, 6.07) is 3.06. The van der Waals surface area contributed by atoms with E-state index >= 15 is 0 Å². The quantitative estimate of drug-likeness (QED) is 0.906. The van der Waals surface area contributed by atoms with Gasteiger partial charge < -0.3 is 14.6 Å². The Morgan fingerprint density at radius 1 is 1.63 bits per heavy atom. The minimum Gasteiger partial charge on any atom is -0.376 e. The zero-order valence-corrected chi connectivity index (χ0v) is 12.4. The number of carbonyl (C=O) groups is 1. The molecule has 0 aliphatic carbocycles. The first kappa shape index (κ1) is 14.3. The lowest BCUT2D eigenvalue weighted by Gasteiger charge is -2.20. The van der Waals surface area contributed by atoms with Gasteiger partial charge in [-0.1, -0.05) is 0 Å². The number of nitrogens with zero attached hydrogens (tertiary/aromatic N) is 1. The molecule has 1 amide bonds. The van der Waals surface area contributed by atoms with Crippen LogP contribution in [0.3, 0.4) is 0 Å². The molecule has 104 valence electrons. The first-order chi connectivity index (χ1) is 9.06. The number of rotatable bonds is 4. The number of ether oxygens (including phenoxy) is 1. The third-order valence-electron chi connectivity index (χ3n) is 3.17. The van der Waals surface area contributed by atoms with Gasteiger partial charge in [-0.15, -0.1) is 0 Å². The van der Waals surface area contributed by atoms with E-state index in [0.29, 0.717) is 0 Å². The van der Waals surface area contributed by atoms with Crippen LogP contribution in [0.1, 0.15) is 19.8 Å². The summed E-state index contributed by atoms with van der Waals surface area (Å²) in [6.45, 7) is 2.71. The molecule has 0 radical (unpaired) electrons. The second-order valence-electron chi connectivity index (χ2n) is 4.72. The van der Waals surface area contributed by atoms with Gasteiger partial charge in [0, 0.05) is 23.3 Å². The monoisotopic (exact) mass is 328 g/mol. The van der Waals surface area contributed by atoms with Crippen molar-refractivity contribution in [2.45, 2.75) is 38.5 Å². The van der Waals surface area contributed by atoms with Gasteiger partial charge in [0.2, 0.25) is 5.91 Å². The van der Waals surface area contributed by atoms with Crippen molar-refractivity contribution in [3.8, 4) is 0 Å². The Balaban J connectivity index is 1.93. The Morgan fingerprint density at radius 3 is 3.11 bits per heavy atom. The van der Waals surface area contributed by atoms with E-state index in [0.717, 1.165) is 23.9 Å². The standard InChI is InChI=1S/C13H17BrN2O3/c1-9(11-3-2-6-19-11)15-12(17)8-16-7-10(14)4-5-13(16)18/h4-5,7,9,11H,2-3,6,8H2,1H3,(H,15,17)/t9-,11+/m1/s1. The molecular formula is C13H17BrN2O3. The summed E-state index contributed by atoms with van der Waals surface area (Å²) in [7, 11) is 0. The van der Waals surface area contributed by atoms with E-state index in [1.165, 1.54) is 10.6 Å². The summed E-state index contributed by atoms with van der Waals surface area (Å²) in [5, 5.41) is 2.88. The predicted molar refractivity (Wildman–Crippen MR) is 75.0 cm³/mol. The molecule has 2 rings (SSSR count). The van der Waals surface area contributed by atoms with E-state index < -0.39 is 0 Å². The molecule has 2 heterocycles. The molecule has 0 spiro atoms. The van der Waals surface area contributed by atoms with E-state index in [-0.39, 0.29) is 30.2 Å². The van der Waals surface area contributed by atoms with Crippen molar-refractivity contribution in [3.63, 3.8) is 0 Å². The van der Waals surface area contributed by atoms with Crippen LogP contribution in [-0.2, 0) is 16.1 Å². The fourth-order valence-corrected chi connectivity index (χ4v) is 2.55. The average molecular weight is 329 g/mol. The molecule has 1 N–H and O–H groups in total. The molecule has 1 aliphatic heterocycles. The summed E-state index contributed by atoms with van der Waals surface area (Å²) in [5.74, 6) is -0.178. The molecule has 1 aromatic rings. The molecule has 0 bridgehead atoms. The number of hydrogen-bond donors (Lipinski definition) is 1. The number of halogens is 1.